The molecule has 0 amide bonds. The third kappa shape index (κ3) is 4.85. The van der Waals surface area contributed by atoms with Gasteiger partial charge in [-0.1, -0.05) is 168 Å². The average Bonchev–Trinajstić information content (AvgIpc) is 2.97. The molecule has 0 fully saturated rings. The van der Waals surface area contributed by atoms with Crippen LogP contribution in [0.1, 0.15) is 59.7 Å². The predicted octanol–water partition coefficient (Wildman–Crippen LogP) is 9.92. The second-order valence-electron chi connectivity index (χ2n) is 14.6. The van der Waals surface area contributed by atoms with Crippen LogP contribution in [-0.4, -0.2) is 6.71 Å². The van der Waals surface area contributed by atoms with Crippen molar-refractivity contribution in [1.29, 1.82) is 0 Å². The molecule has 0 saturated carbocycles. The zero-order valence-corrected chi connectivity index (χ0v) is 28.3. The van der Waals surface area contributed by atoms with Gasteiger partial charge in [0.1, 0.15) is 0 Å². The summed E-state index contributed by atoms with van der Waals surface area (Å²) in [7, 11) is 0. The van der Waals surface area contributed by atoms with Crippen molar-refractivity contribution < 1.29 is 0 Å². The van der Waals surface area contributed by atoms with Crippen LogP contribution < -0.4 is 16.4 Å². The molecule has 0 N–H and O–H groups in total. The van der Waals surface area contributed by atoms with Gasteiger partial charge in [0.05, 0.1) is 0 Å². The molecule has 1 heteroatoms. The molecular formula is C44H43B. The van der Waals surface area contributed by atoms with Crippen LogP contribution in [0, 0.1) is 41.5 Å². The molecule has 0 nitrogen and oxygen atoms in total. The monoisotopic (exact) mass is 582 g/mol. The Labute approximate surface area is 269 Å². The topological polar surface area (TPSA) is 0 Å². The summed E-state index contributed by atoms with van der Waals surface area (Å²) in [5, 5.41) is 8.11. The van der Waals surface area contributed by atoms with Crippen LogP contribution in [0.4, 0.5) is 0 Å². The molecule has 0 saturated heterocycles. The molecule has 0 aliphatic rings. The molecule has 45 heavy (non-hydrogen) atoms. The van der Waals surface area contributed by atoms with E-state index >= 15 is 0 Å². The van der Waals surface area contributed by atoms with Gasteiger partial charge in [0, 0.05) is 0 Å². The molecule has 0 spiro atoms. The molecular weight excluding hydrogens is 539 g/mol. The van der Waals surface area contributed by atoms with Crippen molar-refractivity contribution >= 4 is 55.4 Å². The van der Waals surface area contributed by atoms with Crippen LogP contribution in [0.5, 0.6) is 0 Å². The van der Waals surface area contributed by atoms with Crippen LogP contribution in [-0.2, 0) is 5.41 Å². The number of benzene rings is 7. The zero-order valence-electron chi connectivity index (χ0n) is 28.3. The molecule has 0 heterocycles. The van der Waals surface area contributed by atoms with E-state index in [1.165, 1.54) is 98.8 Å². The van der Waals surface area contributed by atoms with E-state index in [4.69, 9.17) is 0 Å². The number of hydrogen-bond acceptors (Lipinski definition) is 0. The lowest BCUT2D eigenvalue weighted by atomic mass is 9.33. The maximum Gasteiger partial charge on any atom is 0.243 e. The van der Waals surface area contributed by atoms with Crippen molar-refractivity contribution in [3.8, 4) is 11.1 Å². The lowest BCUT2D eigenvalue weighted by molar-refractivity contribution is 0.591. The molecule has 0 aliphatic carbocycles. The van der Waals surface area contributed by atoms with Crippen LogP contribution in [0.25, 0.3) is 43.4 Å². The highest BCUT2D eigenvalue weighted by molar-refractivity contribution is 6.98. The van der Waals surface area contributed by atoms with Crippen molar-refractivity contribution in [2.45, 2.75) is 67.7 Å². The van der Waals surface area contributed by atoms with E-state index in [9.17, 15) is 0 Å². The van der Waals surface area contributed by atoms with Gasteiger partial charge in [0.2, 0.25) is 6.71 Å². The minimum Gasteiger partial charge on any atom is -0.0629 e. The molecule has 0 atom stereocenters. The van der Waals surface area contributed by atoms with Crippen LogP contribution in [0.3, 0.4) is 0 Å². The first-order chi connectivity index (χ1) is 21.4. The standard InChI is InChI=1S/C44H43B/c1-26-19-28(3)42(29(4)20-26)45(43-30(5)21-27(2)22-31(43)6)39-25-38(32-13-11-10-12-14-32)36-17-15-33-23-35(44(7,8)9)24-34-16-18-37(39)41(36)40(33)34/h10-25H,1-9H3. The second kappa shape index (κ2) is 10.6. The molecule has 7 aromatic carbocycles. The molecule has 0 unspecified atom stereocenters. The van der Waals surface area contributed by atoms with E-state index in [0.29, 0.717) is 0 Å². The predicted molar refractivity (Wildman–Crippen MR) is 200 cm³/mol. The Morgan fingerprint density at radius 3 is 1.47 bits per heavy atom. The maximum atomic E-state index is 2.53. The van der Waals surface area contributed by atoms with E-state index in [2.05, 4.69) is 159 Å². The van der Waals surface area contributed by atoms with Gasteiger partial charge in [-0.25, -0.2) is 0 Å². The van der Waals surface area contributed by atoms with Crippen molar-refractivity contribution in [3.05, 3.63) is 136 Å². The third-order valence-corrected chi connectivity index (χ3v) is 10.1. The Kier molecular flexibility index (Phi) is 6.93. The molecule has 7 aromatic rings. The highest BCUT2D eigenvalue weighted by Gasteiger charge is 2.31. The molecule has 0 aliphatic heterocycles. The van der Waals surface area contributed by atoms with Crippen molar-refractivity contribution in [2.75, 3.05) is 0 Å². The maximum absolute atomic E-state index is 2.53. The number of hydrogen-bond donors (Lipinski definition) is 0. The smallest absolute Gasteiger partial charge is 0.0629 e. The van der Waals surface area contributed by atoms with Crippen molar-refractivity contribution in [3.63, 3.8) is 0 Å². The summed E-state index contributed by atoms with van der Waals surface area (Å²) in [5.41, 5.74) is 16.4. The first kappa shape index (κ1) is 29.4. The Bertz CT molecular complexity index is 2120. The zero-order chi connectivity index (χ0) is 31.8. The summed E-state index contributed by atoms with van der Waals surface area (Å²) in [6.45, 7) is 20.7. The van der Waals surface area contributed by atoms with Gasteiger partial charge in [-0.2, -0.15) is 0 Å². The van der Waals surface area contributed by atoms with Gasteiger partial charge in [-0.3, -0.25) is 0 Å². The Morgan fingerprint density at radius 2 is 0.978 bits per heavy atom. The summed E-state index contributed by atoms with van der Waals surface area (Å²) in [5.74, 6) is 0. The highest BCUT2D eigenvalue weighted by atomic mass is 14.2. The van der Waals surface area contributed by atoms with E-state index in [-0.39, 0.29) is 12.1 Å². The van der Waals surface area contributed by atoms with E-state index < -0.39 is 0 Å². The summed E-state index contributed by atoms with van der Waals surface area (Å²) < 4.78 is 0. The van der Waals surface area contributed by atoms with Crippen molar-refractivity contribution in [2.24, 2.45) is 0 Å². The second-order valence-corrected chi connectivity index (χ2v) is 14.6. The normalized spacial score (nSPS) is 12.1. The summed E-state index contributed by atoms with van der Waals surface area (Å²) in [6.07, 6.45) is 0. The fraction of sp³-hybridized carbons (Fsp3) is 0.227. The third-order valence-electron chi connectivity index (χ3n) is 10.1. The van der Waals surface area contributed by atoms with Gasteiger partial charge in [-0.15, -0.1) is 0 Å². The summed E-state index contributed by atoms with van der Waals surface area (Å²) in [6, 6.07) is 37.4. The van der Waals surface area contributed by atoms with Crippen LogP contribution in [0.15, 0.2) is 97.1 Å². The van der Waals surface area contributed by atoms with Gasteiger partial charge in [-0.05, 0) is 96.0 Å². The first-order valence-electron chi connectivity index (χ1n) is 16.4. The quantitative estimate of drug-likeness (QED) is 0.143. The fourth-order valence-corrected chi connectivity index (χ4v) is 8.22. The molecule has 7 rings (SSSR count). The highest BCUT2D eigenvalue weighted by Crippen LogP contribution is 2.41. The minimum atomic E-state index is 0.0803. The van der Waals surface area contributed by atoms with Gasteiger partial charge in [0.15, 0.2) is 0 Å². The number of aryl methyl sites for hydroxylation is 6. The van der Waals surface area contributed by atoms with E-state index in [1.54, 1.807) is 0 Å². The lowest BCUT2D eigenvalue weighted by Gasteiger charge is -2.28. The van der Waals surface area contributed by atoms with Crippen LogP contribution in [0.2, 0.25) is 0 Å². The van der Waals surface area contributed by atoms with Gasteiger partial charge in [0.25, 0.3) is 0 Å². The Morgan fingerprint density at radius 1 is 0.489 bits per heavy atom. The molecule has 0 aromatic heterocycles. The van der Waals surface area contributed by atoms with Crippen LogP contribution >= 0.6 is 0 Å². The minimum absolute atomic E-state index is 0.0803. The van der Waals surface area contributed by atoms with Gasteiger partial charge < -0.3 is 0 Å². The average molecular weight is 583 g/mol. The largest absolute Gasteiger partial charge is 0.243 e. The Balaban J connectivity index is 1.69. The summed E-state index contributed by atoms with van der Waals surface area (Å²) >= 11 is 0. The SMILES string of the molecule is Cc1cc(C)c(B(c2c(C)cc(C)cc2C)c2cc(-c3ccccc3)c3ccc4cc(C(C)(C)C)cc5ccc2c3c54)c(C)c1. The van der Waals surface area contributed by atoms with E-state index in [1.807, 2.05) is 0 Å². The molecule has 0 radical (unpaired) electrons. The Hall–Kier alpha value is -4.36. The lowest BCUT2D eigenvalue weighted by Crippen LogP contribution is -2.56. The van der Waals surface area contributed by atoms with E-state index in [0.717, 1.165) is 0 Å². The fourth-order valence-electron chi connectivity index (χ4n) is 8.22. The number of rotatable bonds is 4. The van der Waals surface area contributed by atoms with Crippen molar-refractivity contribution in [1.82, 2.24) is 0 Å². The molecule has 222 valence electrons. The molecule has 0 bridgehead atoms. The van der Waals surface area contributed by atoms with Gasteiger partial charge >= 0.3 is 0 Å². The summed E-state index contributed by atoms with van der Waals surface area (Å²) in [4.78, 5) is 0. The first-order valence-corrected chi connectivity index (χ1v) is 16.4.